The summed E-state index contributed by atoms with van der Waals surface area (Å²) in [5.41, 5.74) is 3.33. The lowest BCUT2D eigenvalue weighted by atomic mass is 10.0. The lowest BCUT2D eigenvalue weighted by molar-refractivity contribution is 0.232. The van der Waals surface area contributed by atoms with E-state index in [4.69, 9.17) is 0 Å². The smallest absolute Gasteiger partial charge is 0.0343 e. The molecule has 1 aliphatic rings. The molecule has 2 aromatic rings. The van der Waals surface area contributed by atoms with Crippen molar-refractivity contribution in [3.8, 4) is 0 Å². The predicted molar refractivity (Wildman–Crippen MR) is 101 cm³/mol. The first-order chi connectivity index (χ1) is 11.3. The second-order valence-electron chi connectivity index (χ2n) is 6.33. The summed E-state index contributed by atoms with van der Waals surface area (Å²) in [6, 6.07) is 13.0. The Morgan fingerprint density at radius 2 is 1.78 bits per heavy atom. The Kier molecular flexibility index (Phi) is 5.19. The van der Waals surface area contributed by atoms with Gasteiger partial charge in [-0.05, 0) is 60.5 Å². The van der Waals surface area contributed by atoms with Crippen LogP contribution in [0.3, 0.4) is 0 Å². The zero-order valence-corrected chi connectivity index (χ0v) is 14.1. The molecule has 1 aliphatic heterocycles. The first kappa shape index (κ1) is 15.9. The minimum atomic E-state index is 0.968. The zero-order valence-electron chi connectivity index (χ0n) is 14.1. The second kappa shape index (κ2) is 7.51. The molecule has 3 heteroatoms. The monoisotopic (exact) mass is 309 g/mol. The SMILES string of the molecule is C=C(NCCN1CCCCC1)c1ccc2cc(NC)ccc2c1. The summed E-state index contributed by atoms with van der Waals surface area (Å²) >= 11 is 0. The summed E-state index contributed by atoms with van der Waals surface area (Å²) in [5.74, 6) is 0. The number of piperidine rings is 1. The van der Waals surface area contributed by atoms with Gasteiger partial charge in [0.15, 0.2) is 0 Å². The maximum atomic E-state index is 4.21. The fraction of sp³-hybridized carbons (Fsp3) is 0.400. The van der Waals surface area contributed by atoms with Gasteiger partial charge in [-0.25, -0.2) is 0 Å². The van der Waals surface area contributed by atoms with E-state index < -0.39 is 0 Å². The molecule has 1 fully saturated rings. The lowest BCUT2D eigenvalue weighted by Crippen LogP contribution is -2.35. The van der Waals surface area contributed by atoms with Crippen molar-refractivity contribution < 1.29 is 0 Å². The van der Waals surface area contributed by atoms with Crippen LogP contribution in [-0.4, -0.2) is 38.1 Å². The van der Waals surface area contributed by atoms with E-state index in [9.17, 15) is 0 Å². The molecule has 2 aromatic carbocycles. The Balaban J connectivity index is 1.59. The summed E-state index contributed by atoms with van der Waals surface area (Å²) in [7, 11) is 1.95. The third kappa shape index (κ3) is 4.05. The molecule has 0 saturated carbocycles. The van der Waals surface area contributed by atoms with E-state index in [1.165, 1.54) is 48.7 Å². The second-order valence-corrected chi connectivity index (χ2v) is 6.33. The third-order valence-corrected chi connectivity index (χ3v) is 4.69. The highest BCUT2D eigenvalue weighted by Gasteiger charge is 2.09. The van der Waals surface area contributed by atoms with Gasteiger partial charge in [0.05, 0.1) is 0 Å². The molecule has 0 amide bonds. The molecule has 3 nitrogen and oxygen atoms in total. The number of benzene rings is 2. The van der Waals surface area contributed by atoms with Crippen molar-refractivity contribution in [1.82, 2.24) is 10.2 Å². The standard InChI is InChI=1S/C20H27N3/c1-16(22-10-13-23-11-4-3-5-12-23)17-6-7-19-15-20(21-2)9-8-18(19)14-17/h6-9,14-15,21-22H,1,3-5,10-13H2,2H3. The Hall–Kier alpha value is -2.00. The predicted octanol–water partition coefficient (Wildman–Crippen LogP) is 3.93. The van der Waals surface area contributed by atoms with Crippen LogP contribution in [0.25, 0.3) is 16.5 Å². The van der Waals surface area contributed by atoms with Gasteiger partial charge < -0.3 is 15.5 Å². The first-order valence-electron chi connectivity index (χ1n) is 8.63. The van der Waals surface area contributed by atoms with Crippen LogP contribution < -0.4 is 10.6 Å². The van der Waals surface area contributed by atoms with E-state index in [-0.39, 0.29) is 0 Å². The van der Waals surface area contributed by atoms with Crippen LogP contribution in [0.1, 0.15) is 24.8 Å². The largest absolute Gasteiger partial charge is 0.388 e. The molecular weight excluding hydrogens is 282 g/mol. The quantitative estimate of drug-likeness (QED) is 0.846. The van der Waals surface area contributed by atoms with Gasteiger partial charge in [0.25, 0.3) is 0 Å². The van der Waals surface area contributed by atoms with Gasteiger partial charge in [-0.3, -0.25) is 0 Å². The Morgan fingerprint density at radius 1 is 1.04 bits per heavy atom. The van der Waals surface area contributed by atoms with Crippen molar-refractivity contribution in [2.45, 2.75) is 19.3 Å². The molecule has 2 N–H and O–H groups in total. The van der Waals surface area contributed by atoms with Crippen LogP contribution in [0, 0.1) is 0 Å². The average Bonchev–Trinajstić information content (AvgIpc) is 2.61. The first-order valence-corrected chi connectivity index (χ1v) is 8.63. The molecule has 0 atom stereocenters. The fourth-order valence-electron chi connectivity index (χ4n) is 3.24. The summed E-state index contributed by atoms with van der Waals surface area (Å²) in [6.45, 7) is 8.78. The summed E-state index contributed by atoms with van der Waals surface area (Å²) in [5, 5.41) is 9.17. The van der Waals surface area contributed by atoms with Crippen molar-refractivity contribution in [3.63, 3.8) is 0 Å². The van der Waals surface area contributed by atoms with Crippen LogP contribution in [0.2, 0.25) is 0 Å². The summed E-state index contributed by atoms with van der Waals surface area (Å²) < 4.78 is 0. The zero-order chi connectivity index (χ0) is 16.1. The normalized spacial score (nSPS) is 15.5. The van der Waals surface area contributed by atoms with E-state index in [0.717, 1.165) is 24.5 Å². The molecule has 0 radical (unpaired) electrons. The summed E-state index contributed by atoms with van der Waals surface area (Å²) in [4.78, 5) is 2.55. The van der Waals surface area contributed by atoms with Gasteiger partial charge in [-0.15, -0.1) is 0 Å². The van der Waals surface area contributed by atoms with E-state index >= 15 is 0 Å². The van der Waals surface area contributed by atoms with Crippen LogP contribution in [0.5, 0.6) is 0 Å². The topological polar surface area (TPSA) is 27.3 Å². The maximum Gasteiger partial charge on any atom is 0.0343 e. The average molecular weight is 309 g/mol. The van der Waals surface area contributed by atoms with Crippen LogP contribution in [0.4, 0.5) is 5.69 Å². The number of anilines is 1. The molecule has 0 unspecified atom stereocenters. The van der Waals surface area contributed by atoms with Gasteiger partial charge >= 0.3 is 0 Å². The molecule has 122 valence electrons. The van der Waals surface area contributed by atoms with Gasteiger partial charge in [0.2, 0.25) is 0 Å². The highest BCUT2D eigenvalue weighted by atomic mass is 15.1. The van der Waals surface area contributed by atoms with Crippen molar-refractivity contribution >= 4 is 22.2 Å². The molecule has 23 heavy (non-hydrogen) atoms. The van der Waals surface area contributed by atoms with E-state index in [0.29, 0.717) is 0 Å². The van der Waals surface area contributed by atoms with Crippen LogP contribution in [0.15, 0.2) is 43.0 Å². The summed E-state index contributed by atoms with van der Waals surface area (Å²) in [6.07, 6.45) is 4.09. The minimum absolute atomic E-state index is 0.968. The molecule has 1 saturated heterocycles. The molecule has 1 heterocycles. The van der Waals surface area contributed by atoms with Gasteiger partial charge in [0.1, 0.15) is 0 Å². The highest BCUT2D eigenvalue weighted by Crippen LogP contribution is 2.22. The molecular formula is C20H27N3. The molecule has 0 aliphatic carbocycles. The number of fused-ring (bicyclic) bond motifs is 1. The van der Waals surface area contributed by atoms with Gasteiger partial charge in [-0.1, -0.05) is 31.2 Å². The molecule has 0 bridgehead atoms. The van der Waals surface area contributed by atoms with E-state index in [2.05, 4.69) is 58.5 Å². The fourth-order valence-corrected chi connectivity index (χ4v) is 3.24. The number of likely N-dealkylation sites (tertiary alicyclic amines) is 1. The minimum Gasteiger partial charge on any atom is -0.388 e. The highest BCUT2D eigenvalue weighted by molar-refractivity contribution is 5.88. The van der Waals surface area contributed by atoms with Crippen molar-refractivity contribution in [2.24, 2.45) is 0 Å². The molecule has 3 rings (SSSR count). The number of nitrogens with zero attached hydrogens (tertiary/aromatic N) is 1. The van der Waals surface area contributed by atoms with Gasteiger partial charge in [0, 0.05) is 31.5 Å². The lowest BCUT2D eigenvalue weighted by Gasteiger charge is -2.26. The Labute approximate surface area is 139 Å². The Morgan fingerprint density at radius 3 is 2.57 bits per heavy atom. The number of nitrogens with one attached hydrogen (secondary N) is 2. The van der Waals surface area contributed by atoms with E-state index in [1.54, 1.807) is 0 Å². The van der Waals surface area contributed by atoms with Gasteiger partial charge in [-0.2, -0.15) is 0 Å². The van der Waals surface area contributed by atoms with Crippen molar-refractivity contribution in [3.05, 3.63) is 48.5 Å². The van der Waals surface area contributed by atoms with Crippen molar-refractivity contribution in [2.75, 3.05) is 38.5 Å². The van der Waals surface area contributed by atoms with E-state index in [1.807, 2.05) is 7.05 Å². The van der Waals surface area contributed by atoms with Crippen molar-refractivity contribution in [1.29, 1.82) is 0 Å². The van der Waals surface area contributed by atoms with Crippen LogP contribution in [-0.2, 0) is 0 Å². The maximum absolute atomic E-state index is 4.21. The van der Waals surface area contributed by atoms with Crippen LogP contribution >= 0.6 is 0 Å². The molecule has 0 aromatic heterocycles. The Bertz CT molecular complexity index is 672. The number of hydrogen-bond donors (Lipinski definition) is 2. The molecule has 0 spiro atoms. The third-order valence-electron chi connectivity index (χ3n) is 4.69. The number of rotatable bonds is 6. The number of hydrogen-bond acceptors (Lipinski definition) is 3.